The molecule has 0 aliphatic carbocycles. The number of hydrogen-bond acceptors (Lipinski definition) is 5. The van der Waals surface area contributed by atoms with Gasteiger partial charge in [-0.15, -0.1) is 0 Å². The number of rotatable bonds is 6. The lowest BCUT2D eigenvalue weighted by molar-refractivity contribution is -0.157. The summed E-state index contributed by atoms with van der Waals surface area (Å²) in [4.78, 5) is 23.7. The second-order valence-corrected chi connectivity index (χ2v) is 7.65. The van der Waals surface area contributed by atoms with Crippen molar-refractivity contribution in [3.8, 4) is 5.75 Å². The molecule has 0 aliphatic rings. The molecule has 144 valence electrons. The van der Waals surface area contributed by atoms with Gasteiger partial charge in [0.2, 0.25) is 0 Å². The van der Waals surface area contributed by atoms with Crippen molar-refractivity contribution >= 4 is 33.7 Å². The largest absolute Gasteiger partial charge is 0.482 e. The number of nitrogens with one attached hydrogen (secondary N) is 1. The molecule has 0 saturated heterocycles. The summed E-state index contributed by atoms with van der Waals surface area (Å²) < 4.78 is 16.5. The normalized spacial score (nSPS) is 10.8. The van der Waals surface area contributed by atoms with Gasteiger partial charge in [0.1, 0.15) is 18.0 Å². The highest BCUT2D eigenvalue weighted by molar-refractivity contribution is 9.10. The van der Waals surface area contributed by atoms with Crippen LogP contribution < -0.4 is 10.1 Å². The number of carbonyl (C=O) groups excluding carboxylic acids is 2. The number of carbonyl (C=O) groups is 2. The molecular formula is C20H22BrNO5. The van der Waals surface area contributed by atoms with Crippen LogP contribution in [-0.4, -0.2) is 24.3 Å². The van der Waals surface area contributed by atoms with Crippen molar-refractivity contribution in [2.24, 2.45) is 0 Å². The molecule has 0 heterocycles. The van der Waals surface area contributed by atoms with E-state index in [1.165, 1.54) is 0 Å². The molecular weight excluding hydrogens is 414 g/mol. The molecule has 0 unspecified atom stereocenters. The van der Waals surface area contributed by atoms with E-state index in [1.54, 1.807) is 39.0 Å². The van der Waals surface area contributed by atoms with Gasteiger partial charge in [-0.2, -0.15) is 0 Å². The van der Waals surface area contributed by atoms with E-state index in [9.17, 15) is 9.59 Å². The first-order chi connectivity index (χ1) is 12.7. The molecule has 0 bridgehead atoms. The first-order valence-corrected chi connectivity index (χ1v) is 9.13. The molecule has 0 fully saturated rings. The van der Waals surface area contributed by atoms with E-state index in [2.05, 4.69) is 21.2 Å². The Kier molecular flexibility index (Phi) is 7.24. The summed E-state index contributed by atoms with van der Waals surface area (Å²) in [5.41, 5.74) is 0.789. The van der Waals surface area contributed by atoms with E-state index in [4.69, 9.17) is 14.2 Å². The molecule has 6 nitrogen and oxygen atoms in total. The molecule has 0 spiro atoms. The zero-order chi connectivity index (χ0) is 19.9. The highest BCUT2D eigenvalue weighted by atomic mass is 79.9. The smallest absolute Gasteiger partial charge is 0.411 e. The Balaban J connectivity index is 1.90. The van der Waals surface area contributed by atoms with Crippen LogP contribution in [0.15, 0.2) is 53.0 Å². The van der Waals surface area contributed by atoms with E-state index in [-0.39, 0.29) is 13.2 Å². The molecule has 1 N–H and O–H groups in total. The third kappa shape index (κ3) is 8.13. The second-order valence-electron chi connectivity index (χ2n) is 6.74. The van der Waals surface area contributed by atoms with E-state index in [1.807, 2.05) is 30.3 Å². The van der Waals surface area contributed by atoms with Crippen LogP contribution in [0.5, 0.6) is 5.75 Å². The Morgan fingerprint density at radius 1 is 1.07 bits per heavy atom. The average molecular weight is 436 g/mol. The van der Waals surface area contributed by atoms with Crippen LogP contribution in [0.2, 0.25) is 0 Å². The third-order valence-electron chi connectivity index (χ3n) is 3.11. The van der Waals surface area contributed by atoms with E-state index >= 15 is 0 Å². The van der Waals surface area contributed by atoms with Crippen molar-refractivity contribution in [3.05, 3.63) is 58.6 Å². The fourth-order valence-electron chi connectivity index (χ4n) is 2.11. The lowest BCUT2D eigenvalue weighted by atomic mass is 10.2. The number of hydrogen-bond donors (Lipinski definition) is 1. The van der Waals surface area contributed by atoms with Gasteiger partial charge in [0.05, 0.1) is 0 Å². The molecule has 0 radical (unpaired) electrons. The molecule has 0 atom stereocenters. The quantitative estimate of drug-likeness (QED) is 0.651. The Labute approximate surface area is 166 Å². The predicted octanol–water partition coefficient (Wildman–Crippen LogP) is 4.92. The maximum atomic E-state index is 12.0. The Bertz CT molecular complexity index is 787. The fraction of sp³-hybridized carbons (Fsp3) is 0.300. The van der Waals surface area contributed by atoms with Gasteiger partial charge in [-0.05, 0) is 38.5 Å². The summed E-state index contributed by atoms with van der Waals surface area (Å²) in [6.45, 7) is 5.29. The predicted molar refractivity (Wildman–Crippen MR) is 106 cm³/mol. The van der Waals surface area contributed by atoms with Gasteiger partial charge in [-0.1, -0.05) is 46.3 Å². The van der Waals surface area contributed by atoms with Crippen LogP contribution in [0.4, 0.5) is 10.5 Å². The second kappa shape index (κ2) is 9.41. The minimum Gasteiger partial charge on any atom is -0.482 e. The first kappa shape index (κ1) is 20.8. The molecule has 2 aromatic carbocycles. The lowest BCUT2D eigenvalue weighted by Gasteiger charge is -2.19. The molecule has 1 amide bonds. The minimum absolute atomic E-state index is 0.169. The number of benzene rings is 2. The highest BCUT2D eigenvalue weighted by Gasteiger charge is 2.17. The van der Waals surface area contributed by atoms with Crippen LogP contribution in [0.3, 0.4) is 0 Å². The topological polar surface area (TPSA) is 73.9 Å². The Morgan fingerprint density at radius 3 is 2.44 bits per heavy atom. The zero-order valence-corrected chi connectivity index (χ0v) is 17.0. The van der Waals surface area contributed by atoms with Crippen LogP contribution in [0.1, 0.15) is 26.3 Å². The van der Waals surface area contributed by atoms with Gasteiger partial charge >= 0.3 is 12.1 Å². The molecule has 2 aromatic rings. The maximum Gasteiger partial charge on any atom is 0.411 e. The number of anilines is 1. The molecule has 0 aliphatic heterocycles. The van der Waals surface area contributed by atoms with Gasteiger partial charge in [-0.25, -0.2) is 9.59 Å². The fourth-order valence-corrected chi connectivity index (χ4v) is 2.58. The summed E-state index contributed by atoms with van der Waals surface area (Å²) in [5, 5.41) is 2.63. The number of esters is 1. The zero-order valence-electron chi connectivity index (χ0n) is 15.5. The van der Waals surface area contributed by atoms with Gasteiger partial charge in [0.25, 0.3) is 0 Å². The van der Waals surface area contributed by atoms with Crippen molar-refractivity contribution in [2.75, 3.05) is 11.9 Å². The minimum atomic E-state index is -0.588. The summed E-state index contributed by atoms with van der Waals surface area (Å²) >= 11 is 3.35. The summed E-state index contributed by atoms with van der Waals surface area (Å²) in [7, 11) is 0. The van der Waals surface area contributed by atoms with Gasteiger partial charge in [0.15, 0.2) is 6.61 Å². The lowest BCUT2D eigenvalue weighted by Crippen LogP contribution is -2.27. The molecule has 7 heteroatoms. The average Bonchev–Trinajstić information content (AvgIpc) is 2.57. The highest BCUT2D eigenvalue weighted by Crippen LogP contribution is 2.25. The van der Waals surface area contributed by atoms with Crippen LogP contribution in [-0.2, 0) is 20.9 Å². The molecule has 0 aromatic heterocycles. The van der Waals surface area contributed by atoms with Crippen molar-refractivity contribution in [1.29, 1.82) is 0 Å². The number of halogens is 1. The van der Waals surface area contributed by atoms with Crippen molar-refractivity contribution in [1.82, 2.24) is 0 Å². The Morgan fingerprint density at radius 2 is 1.78 bits per heavy atom. The van der Waals surface area contributed by atoms with Gasteiger partial charge in [0, 0.05) is 16.2 Å². The van der Waals surface area contributed by atoms with Crippen molar-refractivity contribution in [2.45, 2.75) is 33.0 Å². The first-order valence-electron chi connectivity index (χ1n) is 8.34. The molecule has 27 heavy (non-hydrogen) atoms. The monoisotopic (exact) mass is 435 g/mol. The van der Waals surface area contributed by atoms with Crippen LogP contribution in [0.25, 0.3) is 0 Å². The van der Waals surface area contributed by atoms with Gasteiger partial charge < -0.3 is 14.2 Å². The molecule has 2 rings (SSSR count). The SMILES string of the molecule is CC(C)(C)OC(=O)COc1cc(Br)cc(NC(=O)OCc2ccccc2)c1. The van der Waals surface area contributed by atoms with E-state index < -0.39 is 17.7 Å². The third-order valence-corrected chi connectivity index (χ3v) is 3.56. The summed E-state index contributed by atoms with van der Waals surface area (Å²) in [6, 6.07) is 14.4. The number of amides is 1. The molecule has 0 saturated carbocycles. The van der Waals surface area contributed by atoms with Crippen LogP contribution in [0, 0.1) is 0 Å². The van der Waals surface area contributed by atoms with Crippen molar-refractivity contribution in [3.63, 3.8) is 0 Å². The maximum absolute atomic E-state index is 12.0. The van der Waals surface area contributed by atoms with Crippen LogP contribution >= 0.6 is 15.9 Å². The summed E-state index contributed by atoms with van der Waals surface area (Å²) in [5.74, 6) is -0.0622. The van der Waals surface area contributed by atoms with E-state index in [0.717, 1.165) is 5.56 Å². The number of ether oxygens (including phenoxy) is 3. The van der Waals surface area contributed by atoms with Gasteiger partial charge in [-0.3, -0.25) is 5.32 Å². The summed E-state index contributed by atoms with van der Waals surface area (Å²) in [6.07, 6.45) is -0.588. The Hall–Kier alpha value is -2.54. The van der Waals surface area contributed by atoms with E-state index in [0.29, 0.717) is 15.9 Å². The standard InChI is InChI=1S/C20H22BrNO5/c1-20(2,3)27-18(23)13-25-17-10-15(21)9-16(11-17)22-19(24)26-12-14-7-5-4-6-8-14/h4-11H,12-13H2,1-3H3,(H,22,24). The van der Waals surface area contributed by atoms with Crippen molar-refractivity contribution < 1.29 is 23.8 Å².